The molecule has 10 heteroatoms. The van der Waals surface area contributed by atoms with Gasteiger partial charge in [-0.15, -0.1) is 0 Å². The summed E-state index contributed by atoms with van der Waals surface area (Å²) in [5.41, 5.74) is 3.82. The lowest BCUT2D eigenvalue weighted by Gasteiger charge is -2.03. The van der Waals surface area contributed by atoms with Gasteiger partial charge in [0.1, 0.15) is 0 Å². The number of nitrogens with two attached hydrogens (primary N) is 1. The van der Waals surface area contributed by atoms with E-state index in [-0.39, 0.29) is 5.82 Å². The molecule has 0 saturated carbocycles. The van der Waals surface area contributed by atoms with Gasteiger partial charge in [0.2, 0.25) is 5.82 Å². The molecule has 0 spiro atoms. The van der Waals surface area contributed by atoms with Crippen LogP contribution in [0.1, 0.15) is 5.69 Å². The molecule has 2 aromatic heterocycles. The normalized spacial score (nSPS) is 11.5. The molecule has 0 amide bonds. The van der Waals surface area contributed by atoms with E-state index in [4.69, 9.17) is 5.73 Å². The van der Waals surface area contributed by atoms with E-state index in [2.05, 4.69) is 10.1 Å². The third kappa shape index (κ3) is 2.46. The number of hydrogen-bond acceptors (Lipinski definition) is 5. The van der Waals surface area contributed by atoms with Crippen LogP contribution in [0, 0.1) is 10.1 Å². The summed E-state index contributed by atoms with van der Waals surface area (Å²) in [6.45, 7) is 0. The summed E-state index contributed by atoms with van der Waals surface area (Å²) < 4.78 is 37.9. The maximum absolute atomic E-state index is 12.4. The smallest absolute Gasteiger partial charge is 0.378 e. The van der Waals surface area contributed by atoms with Crippen molar-refractivity contribution in [2.24, 2.45) is 0 Å². The fourth-order valence-corrected chi connectivity index (χ4v) is 1.34. The van der Waals surface area contributed by atoms with Gasteiger partial charge in [0.25, 0.3) is 0 Å². The van der Waals surface area contributed by atoms with Crippen LogP contribution < -0.4 is 5.73 Å². The first-order valence-corrected chi connectivity index (χ1v) is 4.83. The van der Waals surface area contributed by atoms with Gasteiger partial charge in [-0.1, -0.05) is 0 Å². The lowest BCUT2D eigenvalue weighted by atomic mass is 10.4. The number of pyridine rings is 1. The van der Waals surface area contributed by atoms with Crippen molar-refractivity contribution in [2.45, 2.75) is 6.18 Å². The van der Waals surface area contributed by atoms with E-state index in [9.17, 15) is 23.3 Å². The summed E-state index contributed by atoms with van der Waals surface area (Å²) >= 11 is 0. The average molecular weight is 273 g/mol. The number of anilines is 1. The van der Waals surface area contributed by atoms with Crippen LogP contribution in [0.4, 0.5) is 24.7 Å². The summed E-state index contributed by atoms with van der Waals surface area (Å²) in [4.78, 5) is 13.4. The predicted molar refractivity (Wildman–Crippen MR) is 57.4 cm³/mol. The Balaban J connectivity index is 2.40. The Morgan fingerprint density at radius 1 is 1.32 bits per heavy atom. The Bertz CT molecular complexity index is 637. The molecule has 0 aliphatic heterocycles. The van der Waals surface area contributed by atoms with Crippen LogP contribution in [0.3, 0.4) is 0 Å². The summed E-state index contributed by atoms with van der Waals surface area (Å²) in [7, 11) is 0. The minimum atomic E-state index is -4.57. The van der Waals surface area contributed by atoms with Gasteiger partial charge < -0.3 is 5.73 Å². The number of nitrogen functional groups attached to an aromatic ring is 1. The Hall–Kier alpha value is -2.65. The van der Waals surface area contributed by atoms with Crippen LogP contribution in [0.25, 0.3) is 5.82 Å². The van der Waals surface area contributed by atoms with Crippen molar-refractivity contribution in [1.82, 2.24) is 14.8 Å². The zero-order valence-corrected chi connectivity index (χ0v) is 9.13. The van der Waals surface area contributed by atoms with Crippen molar-refractivity contribution in [3.63, 3.8) is 0 Å². The molecular weight excluding hydrogens is 267 g/mol. The van der Waals surface area contributed by atoms with E-state index in [0.29, 0.717) is 0 Å². The summed E-state index contributed by atoms with van der Waals surface area (Å²) in [5, 5.41) is 13.8. The van der Waals surface area contributed by atoms with Crippen LogP contribution in [0.5, 0.6) is 0 Å². The van der Waals surface area contributed by atoms with E-state index in [0.717, 1.165) is 29.1 Å². The van der Waals surface area contributed by atoms with E-state index < -0.39 is 28.3 Å². The summed E-state index contributed by atoms with van der Waals surface area (Å²) in [5.74, 6) is -0.440. The number of halogens is 3. The molecule has 2 rings (SSSR count). The molecule has 100 valence electrons. The van der Waals surface area contributed by atoms with E-state index in [1.54, 1.807) is 0 Å². The highest BCUT2D eigenvalue weighted by atomic mass is 19.4. The van der Waals surface area contributed by atoms with Gasteiger partial charge >= 0.3 is 11.9 Å². The number of aromatic nitrogens is 3. The van der Waals surface area contributed by atoms with Crippen LogP contribution in [-0.2, 0) is 6.18 Å². The van der Waals surface area contributed by atoms with Gasteiger partial charge in [0.15, 0.2) is 11.5 Å². The summed E-state index contributed by atoms with van der Waals surface area (Å²) in [6.07, 6.45) is -3.53. The molecule has 2 N–H and O–H groups in total. The largest absolute Gasteiger partial charge is 0.435 e. The number of rotatable bonds is 2. The van der Waals surface area contributed by atoms with Crippen molar-refractivity contribution in [3.8, 4) is 5.82 Å². The Labute approximate surface area is 103 Å². The molecule has 0 saturated heterocycles. The van der Waals surface area contributed by atoms with Crippen molar-refractivity contribution >= 4 is 11.5 Å². The van der Waals surface area contributed by atoms with Gasteiger partial charge in [-0.05, 0) is 12.1 Å². The molecule has 0 unspecified atom stereocenters. The van der Waals surface area contributed by atoms with Gasteiger partial charge in [0.05, 0.1) is 4.92 Å². The Morgan fingerprint density at radius 3 is 2.47 bits per heavy atom. The van der Waals surface area contributed by atoms with Crippen LogP contribution in [0.15, 0.2) is 24.4 Å². The van der Waals surface area contributed by atoms with E-state index >= 15 is 0 Å². The number of hydrogen-bond donors (Lipinski definition) is 1. The monoisotopic (exact) mass is 273 g/mol. The van der Waals surface area contributed by atoms with E-state index in [1.807, 2.05) is 0 Å². The number of nitrogens with zero attached hydrogens (tertiary/aromatic N) is 4. The first-order valence-electron chi connectivity index (χ1n) is 4.83. The molecule has 0 aliphatic rings. The molecule has 0 aromatic carbocycles. The van der Waals surface area contributed by atoms with Crippen LogP contribution in [-0.4, -0.2) is 19.7 Å². The summed E-state index contributed by atoms with van der Waals surface area (Å²) in [6, 6.07) is 2.97. The van der Waals surface area contributed by atoms with Crippen molar-refractivity contribution < 1.29 is 18.1 Å². The first kappa shape index (κ1) is 12.8. The van der Waals surface area contributed by atoms with E-state index in [1.165, 1.54) is 0 Å². The molecule has 7 nitrogen and oxygen atoms in total. The second-order valence-electron chi connectivity index (χ2n) is 3.47. The maximum Gasteiger partial charge on any atom is 0.435 e. The molecule has 0 bridgehead atoms. The van der Waals surface area contributed by atoms with Crippen molar-refractivity contribution in [1.29, 1.82) is 0 Å². The standard InChI is InChI=1S/C9H6F3N5O2/c10-9(11,12)6-3-4-16(15-6)7-2-1-5(17(18)19)8(13)14-7/h1-4H,(H2,13,14). The zero-order valence-electron chi connectivity index (χ0n) is 9.13. The molecule has 0 radical (unpaired) electrons. The molecule has 19 heavy (non-hydrogen) atoms. The molecule has 2 heterocycles. The molecule has 0 fully saturated rings. The van der Waals surface area contributed by atoms with Gasteiger partial charge in [-0.3, -0.25) is 10.1 Å². The van der Waals surface area contributed by atoms with Crippen LogP contribution in [0.2, 0.25) is 0 Å². The molecular formula is C9H6F3N5O2. The average Bonchev–Trinajstić information content (AvgIpc) is 2.76. The van der Waals surface area contributed by atoms with Gasteiger partial charge in [-0.25, -0.2) is 9.67 Å². The first-order chi connectivity index (χ1) is 8.79. The van der Waals surface area contributed by atoms with Gasteiger partial charge in [-0.2, -0.15) is 18.3 Å². The van der Waals surface area contributed by atoms with Gasteiger partial charge in [0, 0.05) is 12.3 Å². The molecule has 0 atom stereocenters. The fraction of sp³-hybridized carbons (Fsp3) is 0.111. The molecule has 0 aliphatic carbocycles. The van der Waals surface area contributed by atoms with Crippen molar-refractivity contribution in [2.75, 3.05) is 5.73 Å². The third-order valence-electron chi connectivity index (χ3n) is 2.20. The highest BCUT2D eigenvalue weighted by Gasteiger charge is 2.33. The lowest BCUT2D eigenvalue weighted by Crippen LogP contribution is -2.08. The highest BCUT2D eigenvalue weighted by molar-refractivity contribution is 5.54. The second-order valence-corrected chi connectivity index (χ2v) is 3.47. The molecule has 2 aromatic rings. The number of nitro groups is 1. The predicted octanol–water partition coefficient (Wildman–Crippen LogP) is 1.78. The SMILES string of the molecule is Nc1nc(-n2ccc(C(F)(F)F)n2)ccc1[N+](=O)[O-]. The van der Waals surface area contributed by atoms with Crippen LogP contribution >= 0.6 is 0 Å². The topological polar surface area (TPSA) is 99.9 Å². The Kier molecular flexibility index (Phi) is 2.85. The fourth-order valence-electron chi connectivity index (χ4n) is 1.34. The maximum atomic E-state index is 12.4. The zero-order chi connectivity index (χ0) is 14.2. The highest BCUT2D eigenvalue weighted by Crippen LogP contribution is 2.28. The Morgan fingerprint density at radius 2 is 2.00 bits per heavy atom. The minimum absolute atomic E-state index is 0.0430. The third-order valence-corrected chi connectivity index (χ3v) is 2.20. The number of alkyl halides is 3. The quantitative estimate of drug-likeness (QED) is 0.664. The second kappa shape index (κ2) is 4.23. The van der Waals surface area contributed by atoms with Crippen molar-refractivity contribution in [3.05, 3.63) is 40.2 Å². The minimum Gasteiger partial charge on any atom is -0.378 e. The lowest BCUT2D eigenvalue weighted by molar-refractivity contribution is -0.384.